The summed E-state index contributed by atoms with van der Waals surface area (Å²) in [5.41, 5.74) is 13.8. The van der Waals surface area contributed by atoms with Crippen LogP contribution in [0.2, 0.25) is 5.15 Å². The topological polar surface area (TPSA) is 148 Å². The molecule has 6 N–H and O–H groups in total. The number of nitrogen functional groups attached to an aromatic ring is 2. The number of anilines is 2. The van der Waals surface area contributed by atoms with Gasteiger partial charge in [-0.15, -0.1) is 0 Å². The fourth-order valence-electron chi connectivity index (χ4n) is 3.78. The van der Waals surface area contributed by atoms with Crippen LogP contribution in [0.1, 0.15) is 40.5 Å². The summed E-state index contributed by atoms with van der Waals surface area (Å²) in [6.07, 6.45) is 0. The third-order valence-electron chi connectivity index (χ3n) is 5.45. The first kappa shape index (κ1) is 25.2. The first-order chi connectivity index (χ1) is 16.2. The Morgan fingerprint density at radius 3 is 2.50 bits per heavy atom. The number of nitrogens with one attached hydrogen (secondary N) is 2. The van der Waals surface area contributed by atoms with E-state index in [2.05, 4.69) is 29.7 Å². The third-order valence-corrected chi connectivity index (χ3v) is 5.72. The molecule has 0 aliphatic rings. The van der Waals surface area contributed by atoms with E-state index in [-0.39, 0.29) is 34.9 Å². The maximum atomic E-state index is 12.7. The highest BCUT2D eigenvalue weighted by Crippen LogP contribution is 2.19. The van der Waals surface area contributed by atoms with Gasteiger partial charge >= 0.3 is 0 Å². The molecule has 0 saturated heterocycles. The second kappa shape index (κ2) is 10.7. The normalized spacial score (nSPS) is 11.2. The smallest absolute Gasteiger partial charge is 0.277 e. The maximum absolute atomic E-state index is 12.7. The van der Waals surface area contributed by atoms with E-state index < -0.39 is 5.91 Å². The van der Waals surface area contributed by atoms with Gasteiger partial charge < -0.3 is 27.0 Å². The Balaban J connectivity index is 1.89. The number of carbonyl (C=O) groups is 2. The molecule has 3 rings (SSSR count). The lowest BCUT2D eigenvalue weighted by Crippen LogP contribution is -2.40. The molecule has 1 aromatic carbocycles. The van der Waals surface area contributed by atoms with Crippen molar-refractivity contribution in [2.45, 2.75) is 33.5 Å². The van der Waals surface area contributed by atoms with Crippen LogP contribution in [0, 0.1) is 0 Å². The van der Waals surface area contributed by atoms with Crippen LogP contribution in [0.25, 0.3) is 11.0 Å². The zero-order valence-corrected chi connectivity index (χ0v) is 20.6. The van der Waals surface area contributed by atoms with Gasteiger partial charge in [-0.3, -0.25) is 9.59 Å². The van der Waals surface area contributed by atoms with Crippen LogP contribution >= 0.6 is 11.6 Å². The number of rotatable bonds is 9. The van der Waals surface area contributed by atoms with Crippen molar-refractivity contribution in [3.63, 3.8) is 0 Å². The highest BCUT2D eigenvalue weighted by atomic mass is 35.5. The van der Waals surface area contributed by atoms with Gasteiger partial charge in [-0.2, -0.15) is 0 Å². The van der Waals surface area contributed by atoms with Gasteiger partial charge in [0.15, 0.2) is 33.5 Å². The zero-order valence-electron chi connectivity index (χ0n) is 19.9. The van der Waals surface area contributed by atoms with E-state index in [1.807, 2.05) is 51.0 Å². The molecule has 2 heterocycles. The lowest BCUT2D eigenvalue weighted by molar-refractivity contribution is -0.676. The van der Waals surface area contributed by atoms with Gasteiger partial charge in [-0.05, 0) is 40.1 Å². The number of fused-ring (bicyclic) bond motifs is 1. The third kappa shape index (κ3) is 5.20. The summed E-state index contributed by atoms with van der Waals surface area (Å²) in [7, 11) is 3.91. The average Bonchev–Trinajstić information content (AvgIpc) is 3.11. The minimum atomic E-state index is -0.511. The fraction of sp³-hybridized carbons (Fsp3) is 0.409. The molecule has 182 valence electrons. The van der Waals surface area contributed by atoms with Gasteiger partial charge in [0.05, 0.1) is 13.1 Å². The molecule has 0 atom stereocenters. The number of aromatic nitrogens is 4. The van der Waals surface area contributed by atoms with E-state index in [4.69, 9.17) is 23.1 Å². The van der Waals surface area contributed by atoms with Crippen LogP contribution < -0.4 is 26.7 Å². The molecule has 2 amide bonds. The lowest BCUT2D eigenvalue weighted by atomic mass is 10.2. The van der Waals surface area contributed by atoms with Crippen molar-refractivity contribution in [2.24, 2.45) is 0 Å². The van der Waals surface area contributed by atoms with Crippen molar-refractivity contribution < 1.29 is 14.2 Å². The predicted molar refractivity (Wildman–Crippen MR) is 131 cm³/mol. The van der Waals surface area contributed by atoms with Gasteiger partial charge in [0.2, 0.25) is 0 Å². The Hall–Kier alpha value is -3.44. The minimum absolute atomic E-state index is 0.0350. The molecule has 12 heteroatoms. The van der Waals surface area contributed by atoms with Gasteiger partial charge in [0, 0.05) is 24.7 Å². The molecule has 0 aliphatic carbocycles. The van der Waals surface area contributed by atoms with Gasteiger partial charge in [-0.1, -0.05) is 11.6 Å². The van der Waals surface area contributed by atoms with Crippen LogP contribution in [0.5, 0.6) is 0 Å². The molecule has 2 aromatic heterocycles. The predicted octanol–water partition coefficient (Wildman–Crippen LogP) is 0.798. The number of carbonyl (C=O) groups excluding carboxylic acids is 2. The first-order valence-electron chi connectivity index (χ1n) is 11.0. The second-order valence-electron chi connectivity index (χ2n) is 7.98. The van der Waals surface area contributed by atoms with E-state index >= 15 is 0 Å². The summed E-state index contributed by atoms with van der Waals surface area (Å²) in [5, 5.41) is 5.70. The lowest BCUT2D eigenvalue weighted by Gasteiger charge is -2.10. The minimum Gasteiger partial charge on any atom is -0.382 e. The molecule has 0 bridgehead atoms. The van der Waals surface area contributed by atoms with Crippen molar-refractivity contribution in [1.82, 2.24) is 30.1 Å². The van der Waals surface area contributed by atoms with Crippen molar-refractivity contribution in [3.05, 3.63) is 40.4 Å². The number of benzene rings is 1. The van der Waals surface area contributed by atoms with E-state index in [1.165, 1.54) is 0 Å². The number of hydrogen-bond acceptors (Lipinski definition) is 7. The van der Waals surface area contributed by atoms with E-state index in [9.17, 15) is 9.59 Å². The quantitative estimate of drug-likeness (QED) is 0.325. The molecule has 0 spiro atoms. The van der Waals surface area contributed by atoms with Crippen molar-refractivity contribution in [2.75, 3.05) is 38.7 Å². The van der Waals surface area contributed by atoms with Gasteiger partial charge in [0.25, 0.3) is 17.6 Å². The Labute approximate surface area is 203 Å². The second-order valence-corrected chi connectivity index (χ2v) is 8.34. The highest BCUT2D eigenvalue weighted by molar-refractivity contribution is 6.31. The molecule has 11 nitrogen and oxygen atoms in total. The van der Waals surface area contributed by atoms with Gasteiger partial charge in [0.1, 0.15) is 6.54 Å². The molecule has 0 saturated carbocycles. The van der Waals surface area contributed by atoms with Crippen LogP contribution in [-0.2, 0) is 19.6 Å². The van der Waals surface area contributed by atoms with Crippen LogP contribution in [-0.4, -0.2) is 58.4 Å². The Kier molecular flexibility index (Phi) is 7.90. The number of imidazole rings is 1. The molecule has 0 unspecified atom stereocenters. The number of halogens is 1. The molecule has 3 aromatic rings. The fourth-order valence-corrected chi connectivity index (χ4v) is 3.90. The summed E-state index contributed by atoms with van der Waals surface area (Å²) < 4.78 is 4.17. The first-order valence-corrected chi connectivity index (χ1v) is 11.4. The van der Waals surface area contributed by atoms with Crippen LogP contribution in [0.4, 0.5) is 11.6 Å². The summed E-state index contributed by atoms with van der Waals surface area (Å²) in [4.78, 5) is 35.2. The Bertz CT molecular complexity index is 1220. The van der Waals surface area contributed by atoms with E-state index in [0.717, 1.165) is 23.4 Å². The zero-order chi connectivity index (χ0) is 25.0. The van der Waals surface area contributed by atoms with Gasteiger partial charge in [-0.25, -0.2) is 19.1 Å². The van der Waals surface area contributed by atoms with Crippen molar-refractivity contribution >= 4 is 46.1 Å². The summed E-state index contributed by atoms with van der Waals surface area (Å²) in [6.45, 7) is 6.89. The standard InChI is InChI=1S/C22H30ClN9O2/c1-5-31-14-8-7-13(21(33)26-9-10-30(3)4)11-15(14)32(6-2)16(31)12-27-22(34)17-19(24)29-20(25)18(23)28-17/h7-8,11H,5-6,9-10,12H2,1-4H3,(H5-,24,25,26,27,29,33,34)/p+1. The summed E-state index contributed by atoms with van der Waals surface area (Å²) in [5.74, 6) is 0.103. The monoisotopic (exact) mass is 488 g/mol. The average molecular weight is 489 g/mol. The van der Waals surface area contributed by atoms with E-state index in [1.54, 1.807) is 0 Å². The Morgan fingerprint density at radius 1 is 1.12 bits per heavy atom. The number of nitrogens with zero attached hydrogens (tertiary/aromatic N) is 5. The SMILES string of the molecule is CCn1c(CNC(=O)c2nc(Cl)c(N)nc2N)[n+](CC)c2ccc(C(=O)NCCN(C)C)cc21. The largest absolute Gasteiger partial charge is 0.382 e. The van der Waals surface area contributed by atoms with Crippen molar-refractivity contribution in [3.8, 4) is 0 Å². The van der Waals surface area contributed by atoms with Crippen LogP contribution in [0.3, 0.4) is 0 Å². The molecular formula is C22H31ClN9O2+. The molecule has 0 aliphatic heterocycles. The van der Waals surface area contributed by atoms with Crippen molar-refractivity contribution in [1.29, 1.82) is 0 Å². The number of amides is 2. The number of likely N-dealkylation sites (N-methyl/N-ethyl adjacent to an activating group) is 1. The number of hydrogen-bond donors (Lipinski definition) is 4. The maximum Gasteiger partial charge on any atom is 0.277 e. The Morgan fingerprint density at radius 2 is 1.85 bits per heavy atom. The molecular weight excluding hydrogens is 458 g/mol. The van der Waals surface area contributed by atoms with E-state index in [0.29, 0.717) is 25.2 Å². The summed E-state index contributed by atoms with van der Waals surface area (Å²) >= 11 is 5.91. The number of aryl methyl sites for hydroxylation is 2. The summed E-state index contributed by atoms with van der Waals surface area (Å²) in [6, 6.07) is 5.62. The molecule has 0 radical (unpaired) electrons. The number of nitrogens with two attached hydrogens (primary N) is 2. The van der Waals surface area contributed by atoms with Crippen LogP contribution in [0.15, 0.2) is 18.2 Å². The highest BCUT2D eigenvalue weighted by Gasteiger charge is 2.26. The molecule has 34 heavy (non-hydrogen) atoms. The molecule has 0 fully saturated rings.